The van der Waals surface area contributed by atoms with Crippen LogP contribution in [0.4, 0.5) is 15.8 Å². The first kappa shape index (κ1) is 11.8. The molecule has 0 amide bonds. The summed E-state index contributed by atoms with van der Waals surface area (Å²) in [6.07, 6.45) is 0.986. The zero-order valence-corrected chi connectivity index (χ0v) is 9.84. The van der Waals surface area contributed by atoms with E-state index in [9.17, 15) is 4.39 Å². The van der Waals surface area contributed by atoms with Gasteiger partial charge in [0.25, 0.3) is 0 Å². The van der Waals surface area contributed by atoms with Gasteiger partial charge in [0.2, 0.25) is 0 Å². The molecule has 1 rings (SSSR count). The van der Waals surface area contributed by atoms with Crippen LogP contribution in [0.25, 0.3) is 0 Å². The van der Waals surface area contributed by atoms with Gasteiger partial charge < -0.3 is 10.6 Å². The number of rotatable bonds is 3. The minimum atomic E-state index is -0.288. The van der Waals surface area contributed by atoms with Gasteiger partial charge in [0.1, 0.15) is 5.82 Å². The van der Waals surface area contributed by atoms with Crippen LogP contribution in [0, 0.1) is 5.82 Å². The second-order valence-corrected chi connectivity index (χ2v) is 4.47. The highest BCUT2D eigenvalue weighted by atomic mass is 19.1. The fourth-order valence-electron chi connectivity index (χ4n) is 1.38. The van der Waals surface area contributed by atoms with Crippen LogP contribution in [-0.4, -0.2) is 12.6 Å². The predicted molar refractivity (Wildman–Crippen MR) is 63.6 cm³/mol. The molecule has 0 aliphatic heterocycles. The fraction of sp³-hybridized carbons (Fsp3) is 0.500. The van der Waals surface area contributed by atoms with E-state index in [2.05, 4.69) is 20.8 Å². The van der Waals surface area contributed by atoms with Crippen LogP contribution in [0.5, 0.6) is 0 Å². The van der Waals surface area contributed by atoms with Crippen molar-refractivity contribution in [1.29, 1.82) is 0 Å². The molecule has 0 heterocycles. The molecule has 2 N–H and O–H groups in total. The number of nitrogen functional groups attached to an aromatic ring is 1. The quantitative estimate of drug-likeness (QED) is 0.777. The van der Waals surface area contributed by atoms with E-state index in [4.69, 9.17) is 5.73 Å². The van der Waals surface area contributed by atoms with Crippen molar-refractivity contribution < 1.29 is 4.39 Å². The molecule has 84 valence electrons. The summed E-state index contributed by atoms with van der Waals surface area (Å²) in [5, 5.41) is 0. The summed E-state index contributed by atoms with van der Waals surface area (Å²) >= 11 is 0. The Bertz CT molecular complexity index is 327. The van der Waals surface area contributed by atoms with Crippen LogP contribution < -0.4 is 10.6 Å². The lowest BCUT2D eigenvalue weighted by atomic mass is 9.99. The molecule has 0 unspecified atom stereocenters. The maximum absolute atomic E-state index is 13.2. The summed E-state index contributed by atoms with van der Waals surface area (Å²) in [4.78, 5) is 2.05. The van der Waals surface area contributed by atoms with E-state index in [0.29, 0.717) is 5.69 Å². The van der Waals surface area contributed by atoms with Crippen LogP contribution in [0.3, 0.4) is 0 Å². The third kappa shape index (κ3) is 2.61. The van der Waals surface area contributed by atoms with E-state index in [0.717, 1.165) is 12.1 Å². The highest BCUT2D eigenvalue weighted by Gasteiger charge is 2.21. The molecule has 0 atom stereocenters. The average Bonchev–Trinajstić information content (AvgIpc) is 2.15. The lowest BCUT2D eigenvalue weighted by Crippen LogP contribution is -2.40. The minimum Gasteiger partial charge on any atom is -0.399 e. The van der Waals surface area contributed by atoms with Crippen molar-refractivity contribution in [3.05, 3.63) is 24.0 Å². The van der Waals surface area contributed by atoms with Crippen molar-refractivity contribution in [3.63, 3.8) is 0 Å². The highest BCUT2D eigenvalue weighted by molar-refractivity contribution is 5.57. The van der Waals surface area contributed by atoms with E-state index < -0.39 is 0 Å². The molecule has 2 nitrogen and oxygen atoms in total. The number of anilines is 2. The Balaban J connectivity index is 3.06. The summed E-state index contributed by atoms with van der Waals surface area (Å²) in [5.41, 5.74) is 6.90. The molecule has 0 aromatic heterocycles. The standard InChI is InChI=1S/C12H19FN2/c1-5-12(2,3)15(4)11-7-9(13)6-10(14)8-11/h6-8H,5,14H2,1-4H3. The van der Waals surface area contributed by atoms with Crippen molar-refractivity contribution in [3.8, 4) is 0 Å². The summed E-state index contributed by atoms with van der Waals surface area (Å²) in [7, 11) is 1.96. The molecule has 0 aliphatic rings. The Kier molecular flexibility index (Phi) is 3.22. The van der Waals surface area contributed by atoms with Gasteiger partial charge in [0, 0.05) is 24.0 Å². The number of benzene rings is 1. The third-order valence-electron chi connectivity index (χ3n) is 3.07. The van der Waals surface area contributed by atoms with Gasteiger partial charge in [-0.3, -0.25) is 0 Å². The summed E-state index contributed by atoms with van der Waals surface area (Å²) < 4.78 is 13.2. The Morgan fingerprint density at radius 3 is 2.40 bits per heavy atom. The normalized spacial score (nSPS) is 11.5. The Labute approximate surface area is 90.9 Å². The van der Waals surface area contributed by atoms with Crippen LogP contribution in [0.2, 0.25) is 0 Å². The molecule has 0 saturated heterocycles. The highest BCUT2D eigenvalue weighted by Crippen LogP contribution is 2.27. The number of hydrogen-bond acceptors (Lipinski definition) is 2. The number of hydrogen-bond donors (Lipinski definition) is 1. The summed E-state index contributed by atoms with van der Waals surface area (Å²) in [6, 6.07) is 4.63. The van der Waals surface area contributed by atoms with Crippen LogP contribution in [-0.2, 0) is 0 Å². The first-order chi connectivity index (χ1) is 6.86. The summed E-state index contributed by atoms with van der Waals surface area (Å²) in [6.45, 7) is 6.35. The average molecular weight is 210 g/mol. The van der Waals surface area contributed by atoms with Gasteiger partial charge in [-0.2, -0.15) is 0 Å². The van der Waals surface area contributed by atoms with Crippen molar-refractivity contribution in [2.24, 2.45) is 0 Å². The Morgan fingerprint density at radius 2 is 1.93 bits per heavy atom. The van der Waals surface area contributed by atoms with Gasteiger partial charge in [0.05, 0.1) is 0 Å². The van der Waals surface area contributed by atoms with Gasteiger partial charge in [-0.25, -0.2) is 4.39 Å². The van der Waals surface area contributed by atoms with Gasteiger partial charge >= 0.3 is 0 Å². The number of halogens is 1. The fourth-order valence-corrected chi connectivity index (χ4v) is 1.38. The molecule has 1 aromatic rings. The van der Waals surface area contributed by atoms with Crippen LogP contribution in [0.15, 0.2) is 18.2 Å². The van der Waals surface area contributed by atoms with Crippen molar-refractivity contribution in [2.45, 2.75) is 32.7 Å². The monoisotopic (exact) mass is 210 g/mol. The molecule has 0 spiro atoms. The van der Waals surface area contributed by atoms with E-state index in [-0.39, 0.29) is 11.4 Å². The molecule has 15 heavy (non-hydrogen) atoms. The topological polar surface area (TPSA) is 29.3 Å². The second-order valence-electron chi connectivity index (χ2n) is 4.47. The lowest BCUT2D eigenvalue weighted by Gasteiger charge is -2.36. The van der Waals surface area contributed by atoms with Gasteiger partial charge in [-0.15, -0.1) is 0 Å². The zero-order chi connectivity index (χ0) is 11.6. The first-order valence-corrected chi connectivity index (χ1v) is 5.16. The van der Waals surface area contributed by atoms with Crippen molar-refractivity contribution in [2.75, 3.05) is 17.7 Å². The van der Waals surface area contributed by atoms with Crippen LogP contribution >= 0.6 is 0 Å². The molecule has 0 bridgehead atoms. The molecule has 0 fully saturated rings. The largest absolute Gasteiger partial charge is 0.399 e. The second kappa shape index (κ2) is 4.09. The van der Waals surface area contributed by atoms with Gasteiger partial charge in [0.15, 0.2) is 0 Å². The smallest absolute Gasteiger partial charge is 0.127 e. The molecular formula is C12H19FN2. The molecule has 1 aromatic carbocycles. The molecule has 0 radical (unpaired) electrons. The minimum absolute atomic E-state index is 0.000231. The SMILES string of the molecule is CCC(C)(C)N(C)c1cc(N)cc(F)c1. The maximum Gasteiger partial charge on any atom is 0.127 e. The maximum atomic E-state index is 13.2. The van der Waals surface area contributed by atoms with E-state index in [1.165, 1.54) is 12.1 Å². The molecule has 0 aliphatic carbocycles. The molecular weight excluding hydrogens is 191 g/mol. The van der Waals surface area contributed by atoms with E-state index in [1.54, 1.807) is 6.07 Å². The van der Waals surface area contributed by atoms with E-state index >= 15 is 0 Å². The molecule has 0 saturated carbocycles. The van der Waals surface area contributed by atoms with E-state index in [1.807, 2.05) is 11.9 Å². The number of nitrogens with two attached hydrogens (primary N) is 1. The predicted octanol–water partition coefficient (Wildman–Crippen LogP) is 3.03. The number of nitrogens with zero attached hydrogens (tertiary/aromatic N) is 1. The first-order valence-electron chi connectivity index (χ1n) is 5.16. The van der Waals surface area contributed by atoms with Crippen molar-refractivity contribution in [1.82, 2.24) is 0 Å². The Hall–Kier alpha value is -1.25. The Morgan fingerprint density at radius 1 is 1.33 bits per heavy atom. The molecule has 3 heteroatoms. The van der Waals surface area contributed by atoms with Crippen molar-refractivity contribution >= 4 is 11.4 Å². The van der Waals surface area contributed by atoms with Crippen LogP contribution in [0.1, 0.15) is 27.2 Å². The summed E-state index contributed by atoms with van der Waals surface area (Å²) in [5.74, 6) is -0.288. The lowest BCUT2D eigenvalue weighted by molar-refractivity contribution is 0.470. The van der Waals surface area contributed by atoms with Gasteiger partial charge in [-0.05, 0) is 38.5 Å². The third-order valence-corrected chi connectivity index (χ3v) is 3.07. The van der Waals surface area contributed by atoms with Gasteiger partial charge in [-0.1, -0.05) is 6.92 Å². The zero-order valence-electron chi connectivity index (χ0n) is 9.84.